The van der Waals surface area contributed by atoms with Gasteiger partial charge in [-0.1, -0.05) is 48.6 Å². The van der Waals surface area contributed by atoms with Gasteiger partial charge in [-0.05, 0) is 48.1 Å². The number of hydrogen-bond donors (Lipinski definition) is 4. The molecule has 1 heterocycles. The van der Waals surface area contributed by atoms with Crippen molar-refractivity contribution in [2.45, 2.75) is 56.5 Å². The summed E-state index contributed by atoms with van der Waals surface area (Å²) in [5.41, 5.74) is 3.20. The third-order valence-corrected chi connectivity index (χ3v) is 6.76. The van der Waals surface area contributed by atoms with Gasteiger partial charge in [0.1, 0.15) is 11.8 Å². The summed E-state index contributed by atoms with van der Waals surface area (Å²) in [4.78, 5) is 24.9. The van der Waals surface area contributed by atoms with E-state index >= 15 is 0 Å². The Kier molecular flexibility index (Phi) is 8.74. The van der Waals surface area contributed by atoms with Crippen molar-refractivity contribution in [2.24, 2.45) is 0 Å². The topological polar surface area (TPSA) is 109 Å². The smallest absolute Gasteiger partial charge is 0.243 e. The summed E-state index contributed by atoms with van der Waals surface area (Å²) in [7, 11) is 1.64. The van der Waals surface area contributed by atoms with Gasteiger partial charge in [0, 0.05) is 19.5 Å². The van der Waals surface area contributed by atoms with E-state index in [2.05, 4.69) is 16.0 Å². The predicted molar refractivity (Wildman–Crippen MR) is 136 cm³/mol. The van der Waals surface area contributed by atoms with Gasteiger partial charge in [0.05, 0.1) is 32.0 Å². The Morgan fingerprint density at radius 2 is 1.97 bits per heavy atom. The van der Waals surface area contributed by atoms with Crippen LogP contribution in [0.4, 0.5) is 0 Å². The average Bonchev–Trinajstić information content (AvgIpc) is 3.22. The van der Waals surface area contributed by atoms with Crippen LogP contribution >= 0.6 is 0 Å². The van der Waals surface area contributed by atoms with Crippen LogP contribution in [0.15, 0.2) is 60.7 Å². The van der Waals surface area contributed by atoms with Crippen molar-refractivity contribution in [3.8, 4) is 5.75 Å². The number of carbonyl (C=O) groups excluding carboxylic acids is 2. The summed E-state index contributed by atoms with van der Waals surface area (Å²) in [5.74, 6) is 0.153. The van der Waals surface area contributed by atoms with E-state index in [1.165, 1.54) is 6.92 Å². The zero-order valence-electron chi connectivity index (χ0n) is 20.8. The van der Waals surface area contributed by atoms with E-state index in [0.29, 0.717) is 19.4 Å². The van der Waals surface area contributed by atoms with E-state index in [9.17, 15) is 14.7 Å². The molecule has 1 aliphatic carbocycles. The normalized spacial score (nSPS) is 27.6. The van der Waals surface area contributed by atoms with Crippen molar-refractivity contribution in [1.29, 1.82) is 0 Å². The SMILES string of the molecule is COc1ccc2c(c1)[C@@H]1C[C@H]2OC/C=C/CC(NC(C)=O)C(=O)N[C@@H](Cc2ccccc2)[C@H](O)CN1. The maximum absolute atomic E-state index is 13.2. The molecule has 0 spiro atoms. The Labute approximate surface area is 212 Å². The standard InChI is InChI=1S/C28H35N3O5/c1-18(32)30-23-10-6-7-13-36-27-16-24(22-15-20(35-2)11-12-21(22)27)29-17-26(33)25(31-28(23)34)14-19-8-4-3-5-9-19/h3-9,11-12,15,23-27,29,33H,10,13-14,16-17H2,1-2H3,(H,30,32)(H,31,34)/b7-6+/t23?,24-,25-,26+,27+/m0/s1. The number of amides is 2. The molecule has 2 aromatic carbocycles. The van der Waals surface area contributed by atoms with Crippen LogP contribution < -0.4 is 20.7 Å². The van der Waals surface area contributed by atoms with Gasteiger partial charge >= 0.3 is 0 Å². The molecular weight excluding hydrogens is 458 g/mol. The first kappa shape index (κ1) is 25.9. The summed E-state index contributed by atoms with van der Waals surface area (Å²) in [5, 5.41) is 20.4. The number of nitrogens with one attached hydrogen (secondary N) is 3. The van der Waals surface area contributed by atoms with E-state index in [-0.39, 0.29) is 30.5 Å². The largest absolute Gasteiger partial charge is 0.497 e. The van der Waals surface area contributed by atoms with Gasteiger partial charge in [0.15, 0.2) is 0 Å². The highest BCUT2D eigenvalue weighted by Crippen LogP contribution is 2.42. The maximum Gasteiger partial charge on any atom is 0.243 e. The van der Waals surface area contributed by atoms with E-state index in [1.54, 1.807) is 7.11 Å². The second kappa shape index (κ2) is 12.2. The number of β-amino-alcohol motifs (C(OH)–C–C–N with tert-alkyl or cyclic N) is 1. The van der Waals surface area contributed by atoms with Crippen molar-refractivity contribution in [3.63, 3.8) is 0 Å². The van der Waals surface area contributed by atoms with Crippen molar-refractivity contribution >= 4 is 11.8 Å². The van der Waals surface area contributed by atoms with Gasteiger partial charge in [0.25, 0.3) is 0 Å². The van der Waals surface area contributed by atoms with Crippen LogP contribution in [-0.4, -0.2) is 55.4 Å². The number of hydrogen-bond acceptors (Lipinski definition) is 6. The Balaban J connectivity index is 1.60. The van der Waals surface area contributed by atoms with Crippen molar-refractivity contribution < 1.29 is 24.2 Å². The van der Waals surface area contributed by atoms with Crippen LogP contribution in [0.25, 0.3) is 0 Å². The van der Waals surface area contributed by atoms with Gasteiger partial charge in [-0.2, -0.15) is 0 Å². The van der Waals surface area contributed by atoms with Crippen LogP contribution in [0.2, 0.25) is 0 Å². The molecule has 1 unspecified atom stereocenters. The van der Waals surface area contributed by atoms with Crippen molar-refractivity contribution in [3.05, 3.63) is 77.4 Å². The lowest BCUT2D eigenvalue weighted by atomic mass is 9.99. The highest BCUT2D eigenvalue weighted by atomic mass is 16.5. The fourth-order valence-electron chi connectivity index (χ4n) is 4.88. The number of rotatable bonds is 4. The lowest BCUT2D eigenvalue weighted by molar-refractivity contribution is -0.129. The molecule has 4 rings (SSSR count). The molecule has 5 atom stereocenters. The van der Waals surface area contributed by atoms with Crippen LogP contribution in [-0.2, 0) is 20.7 Å². The molecule has 192 valence electrons. The molecule has 2 amide bonds. The fourth-order valence-corrected chi connectivity index (χ4v) is 4.88. The second-order valence-electron chi connectivity index (χ2n) is 9.35. The first-order valence-electron chi connectivity index (χ1n) is 12.4. The number of carbonyl (C=O) groups is 2. The summed E-state index contributed by atoms with van der Waals surface area (Å²) in [6, 6.07) is 14.4. The quantitative estimate of drug-likeness (QED) is 0.487. The van der Waals surface area contributed by atoms with E-state index < -0.39 is 18.2 Å². The molecule has 2 aliphatic rings. The minimum Gasteiger partial charge on any atom is -0.497 e. The van der Waals surface area contributed by atoms with Gasteiger partial charge in [-0.25, -0.2) is 0 Å². The lowest BCUT2D eigenvalue weighted by Gasteiger charge is -2.28. The predicted octanol–water partition coefficient (Wildman–Crippen LogP) is 2.34. The third-order valence-electron chi connectivity index (χ3n) is 6.76. The molecule has 1 aliphatic heterocycles. The van der Waals surface area contributed by atoms with E-state index in [4.69, 9.17) is 9.47 Å². The highest BCUT2D eigenvalue weighted by molar-refractivity contribution is 5.87. The van der Waals surface area contributed by atoms with Gasteiger partial charge in [0.2, 0.25) is 11.8 Å². The number of aliphatic hydroxyl groups excluding tert-OH is 1. The average molecular weight is 494 g/mol. The summed E-state index contributed by atoms with van der Waals surface area (Å²) in [6.07, 6.45) is 4.28. The van der Waals surface area contributed by atoms with Crippen LogP contribution in [0.5, 0.6) is 5.75 Å². The number of aliphatic hydroxyl groups is 1. The molecule has 0 fully saturated rings. The van der Waals surface area contributed by atoms with E-state index in [0.717, 1.165) is 28.9 Å². The van der Waals surface area contributed by atoms with Gasteiger partial charge in [-0.15, -0.1) is 0 Å². The van der Waals surface area contributed by atoms with Gasteiger partial charge in [-0.3, -0.25) is 9.59 Å². The molecule has 8 heteroatoms. The summed E-state index contributed by atoms with van der Waals surface area (Å²) >= 11 is 0. The summed E-state index contributed by atoms with van der Waals surface area (Å²) < 4.78 is 11.6. The molecule has 36 heavy (non-hydrogen) atoms. The minimum atomic E-state index is -0.859. The molecular formula is C28H35N3O5. The first-order chi connectivity index (χ1) is 17.4. The summed E-state index contributed by atoms with van der Waals surface area (Å²) in [6.45, 7) is 2.05. The van der Waals surface area contributed by atoms with Crippen LogP contribution in [0.1, 0.15) is 48.6 Å². The molecule has 4 N–H and O–H groups in total. The molecule has 0 saturated heterocycles. The third kappa shape index (κ3) is 6.51. The number of fused-ring (bicyclic) bond motifs is 5. The molecule has 0 aromatic heterocycles. The monoisotopic (exact) mass is 493 g/mol. The minimum absolute atomic E-state index is 0.0240. The Morgan fingerprint density at radius 1 is 1.17 bits per heavy atom. The molecule has 2 aromatic rings. The van der Waals surface area contributed by atoms with Crippen LogP contribution in [0.3, 0.4) is 0 Å². The number of methoxy groups -OCH3 is 1. The Bertz CT molecular complexity index is 1070. The number of ether oxygens (including phenoxy) is 2. The second-order valence-corrected chi connectivity index (χ2v) is 9.35. The van der Waals surface area contributed by atoms with E-state index in [1.807, 2.05) is 60.7 Å². The maximum atomic E-state index is 13.2. The van der Waals surface area contributed by atoms with Crippen molar-refractivity contribution in [2.75, 3.05) is 20.3 Å². The molecule has 0 radical (unpaired) electrons. The van der Waals surface area contributed by atoms with Gasteiger partial charge < -0.3 is 30.5 Å². The zero-order valence-corrected chi connectivity index (χ0v) is 20.8. The van der Waals surface area contributed by atoms with Crippen molar-refractivity contribution in [1.82, 2.24) is 16.0 Å². The Hall–Kier alpha value is -3.20. The fraction of sp³-hybridized carbons (Fsp3) is 0.429. The van der Waals surface area contributed by atoms with Crippen LogP contribution in [0, 0.1) is 0 Å². The highest BCUT2D eigenvalue weighted by Gasteiger charge is 2.33. The number of benzene rings is 2. The first-order valence-corrected chi connectivity index (χ1v) is 12.4. The molecule has 0 saturated carbocycles. The zero-order chi connectivity index (χ0) is 25.5. The Morgan fingerprint density at radius 3 is 2.72 bits per heavy atom. The molecule has 8 nitrogen and oxygen atoms in total. The lowest BCUT2D eigenvalue weighted by Crippen LogP contribution is -2.54. The molecule has 2 bridgehead atoms.